The Labute approximate surface area is 278 Å². The number of fused-ring (bicyclic) bond motifs is 1. The van der Waals surface area contributed by atoms with Crippen LogP contribution in [0.5, 0.6) is 11.5 Å². The maximum atomic E-state index is 14.9. The molecule has 242 valence electrons. The van der Waals surface area contributed by atoms with Gasteiger partial charge in [0.1, 0.15) is 22.4 Å². The molecule has 0 amide bonds. The molecule has 45 heavy (non-hydrogen) atoms. The van der Waals surface area contributed by atoms with Gasteiger partial charge in [-0.2, -0.15) is 0 Å². The van der Waals surface area contributed by atoms with Crippen LogP contribution in [-0.4, -0.2) is 70.5 Å². The van der Waals surface area contributed by atoms with Gasteiger partial charge >= 0.3 is 0 Å². The van der Waals surface area contributed by atoms with E-state index in [1.165, 1.54) is 10.6 Å². The highest BCUT2D eigenvalue weighted by molar-refractivity contribution is 9.11. The minimum absolute atomic E-state index is 0.0133. The Morgan fingerprint density at radius 3 is 2.49 bits per heavy atom. The standard InChI is InChI=1S/C31H38BrClN4O6SSi/c1-40-26-11-7-12-27(41-2)29(26)37-30(28-13-8-15-43-28)34-35-31(37)36(14-16-45(3,4)5)44(38,39)23-18-24-21(19-42-20-23)9-6-10-22(33)17-25(24)32/h6-8,10-13,15,17,21,23H,9,14,16,18-20H2,1-5H3/b10-6-,22-17+,25-24?/t21?,23-/m0/s1. The van der Waals surface area contributed by atoms with Crippen molar-refractivity contribution in [3.05, 3.63) is 69.9 Å². The second-order valence-corrected chi connectivity index (χ2v) is 21.2. The van der Waals surface area contributed by atoms with Crippen LogP contribution < -0.4 is 13.8 Å². The van der Waals surface area contributed by atoms with E-state index in [-0.39, 0.29) is 31.4 Å². The Morgan fingerprint density at radius 2 is 1.84 bits per heavy atom. The average molecular weight is 738 g/mol. The number of ether oxygens (including phenoxy) is 3. The van der Waals surface area contributed by atoms with Crippen LogP contribution in [0.3, 0.4) is 0 Å². The summed E-state index contributed by atoms with van der Waals surface area (Å²) in [6.07, 6.45) is 8.16. The quantitative estimate of drug-likeness (QED) is 0.202. The topological polar surface area (TPSA) is 109 Å². The van der Waals surface area contributed by atoms with Crippen molar-refractivity contribution < 1.29 is 27.0 Å². The zero-order valence-corrected chi connectivity index (χ0v) is 30.2. The highest BCUT2D eigenvalue weighted by Crippen LogP contribution is 2.41. The van der Waals surface area contributed by atoms with E-state index < -0.39 is 23.3 Å². The maximum Gasteiger partial charge on any atom is 0.246 e. The fraction of sp³-hybridized carbons (Fsp3) is 0.419. The Balaban J connectivity index is 1.70. The number of halogens is 2. The largest absolute Gasteiger partial charge is 0.494 e. The third-order valence-corrected chi connectivity index (χ3v) is 12.7. The van der Waals surface area contributed by atoms with Crippen molar-refractivity contribution in [1.82, 2.24) is 14.8 Å². The molecule has 14 heteroatoms. The number of hydrogen-bond donors (Lipinski definition) is 0. The lowest BCUT2D eigenvalue weighted by atomic mass is 9.92. The molecule has 1 saturated heterocycles. The van der Waals surface area contributed by atoms with Gasteiger partial charge in [0.05, 0.1) is 33.7 Å². The summed E-state index contributed by atoms with van der Waals surface area (Å²) in [6, 6.07) is 9.52. The molecule has 1 aliphatic carbocycles. The summed E-state index contributed by atoms with van der Waals surface area (Å²) in [5.74, 6) is 1.74. The van der Waals surface area contributed by atoms with Crippen LogP contribution in [-0.2, 0) is 14.8 Å². The van der Waals surface area contributed by atoms with Crippen molar-refractivity contribution in [2.24, 2.45) is 5.92 Å². The minimum atomic E-state index is -4.09. The predicted octanol–water partition coefficient (Wildman–Crippen LogP) is 7.16. The summed E-state index contributed by atoms with van der Waals surface area (Å²) in [5, 5.41) is 8.68. The minimum Gasteiger partial charge on any atom is -0.494 e. The normalized spacial score (nSPS) is 21.2. The number of aromatic nitrogens is 3. The number of para-hydroxylation sites is 1. The van der Waals surface area contributed by atoms with Gasteiger partial charge in [0.15, 0.2) is 5.76 Å². The van der Waals surface area contributed by atoms with Gasteiger partial charge in [-0.3, -0.25) is 4.57 Å². The highest BCUT2D eigenvalue weighted by atomic mass is 79.9. The van der Waals surface area contributed by atoms with E-state index >= 15 is 0 Å². The average Bonchev–Trinajstić information content (AvgIpc) is 3.61. The van der Waals surface area contributed by atoms with Gasteiger partial charge < -0.3 is 18.6 Å². The molecule has 1 aromatic carbocycles. The third kappa shape index (κ3) is 7.27. The molecule has 3 heterocycles. The molecule has 3 aromatic rings. The number of allylic oxidation sites excluding steroid dienone is 5. The number of sulfonamides is 1. The van der Waals surface area contributed by atoms with E-state index in [4.69, 9.17) is 30.2 Å². The fourth-order valence-corrected chi connectivity index (χ4v) is 9.26. The smallest absolute Gasteiger partial charge is 0.246 e. The van der Waals surface area contributed by atoms with Crippen molar-refractivity contribution in [3.63, 3.8) is 0 Å². The van der Waals surface area contributed by atoms with Crippen molar-refractivity contribution in [2.45, 2.75) is 43.8 Å². The Kier molecular flexibility index (Phi) is 10.3. The monoisotopic (exact) mass is 736 g/mol. The van der Waals surface area contributed by atoms with Crippen LogP contribution in [0.2, 0.25) is 25.7 Å². The molecule has 1 aliphatic heterocycles. The van der Waals surface area contributed by atoms with E-state index in [0.717, 1.165) is 10.1 Å². The number of methoxy groups -OCH3 is 2. The first kappa shape index (κ1) is 33.5. The number of benzene rings is 1. The van der Waals surface area contributed by atoms with Gasteiger partial charge in [-0.05, 0) is 60.9 Å². The maximum absolute atomic E-state index is 14.9. The van der Waals surface area contributed by atoms with E-state index in [1.807, 2.05) is 18.2 Å². The van der Waals surface area contributed by atoms with Crippen molar-refractivity contribution in [2.75, 3.05) is 38.3 Å². The predicted molar refractivity (Wildman–Crippen MR) is 183 cm³/mol. The zero-order chi connectivity index (χ0) is 32.4. The van der Waals surface area contributed by atoms with Crippen LogP contribution in [0.25, 0.3) is 17.3 Å². The van der Waals surface area contributed by atoms with Crippen LogP contribution in [0.15, 0.2) is 74.3 Å². The molecule has 1 fully saturated rings. The molecule has 0 bridgehead atoms. The molecule has 2 atom stereocenters. The lowest BCUT2D eigenvalue weighted by Crippen LogP contribution is -2.44. The number of furan rings is 1. The summed E-state index contributed by atoms with van der Waals surface area (Å²) >= 11 is 10.1. The van der Waals surface area contributed by atoms with E-state index in [1.54, 1.807) is 49.1 Å². The van der Waals surface area contributed by atoms with Crippen molar-refractivity contribution >= 4 is 51.6 Å². The van der Waals surface area contributed by atoms with Gasteiger partial charge in [0, 0.05) is 30.1 Å². The van der Waals surface area contributed by atoms with Gasteiger partial charge in [0.25, 0.3) is 0 Å². The van der Waals surface area contributed by atoms with Crippen LogP contribution in [0, 0.1) is 5.92 Å². The van der Waals surface area contributed by atoms with Gasteiger partial charge in [-0.25, -0.2) is 12.7 Å². The summed E-state index contributed by atoms with van der Waals surface area (Å²) in [6.45, 7) is 7.27. The number of nitrogens with zero attached hydrogens (tertiary/aromatic N) is 4. The van der Waals surface area contributed by atoms with E-state index in [0.29, 0.717) is 52.9 Å². The molecule has 10 nitrogen and oxygen atoms in total. The number of rotatable bonds is 10. The van der Waals surface area contributed by atoms with E-state index in [9.17, 15) is 8.42 Å². The molecule has 1 unspecified atom stereocenters. The summed E-state index contributed by atoms with van der Waals surface area (Å²) in [5.41, 5.74) is 1.41. The number of anilines is 1. The molecule has 0 saturated carbocycles. The third-order valence-electron chi connectivity index (χ3n) is 7.86. The van der Waals surface area contributed by atoms with Crippen molar-refractivity contribution in [3.8, 4) is 28.8 Å². The first-order chi connectivity index (χ1) is 21.4. The first-order valence-electron chi connectivity index (χ1n) is 14.7. The number of hydrogen-bond acceptors (Lipinski definition) is 8. The van der Waals surface area contributed by atoms with Crippen molar-refractivity contribution in [1.29, 1.82) is 0 Å². The van der Waals surface area contributed by atoms with E-state index in [2.05, 4.69) is 45.8 Å². The molecular formula is C31H38BrClN4O6SSi. The van der Waals surface area contributed by atoms with Gasteiger partial charge in [0.2, 0.25) is 21.8 Å². The Morgan fingerprint density at radius 1 is 1.11 bits per heavy atom. The molecular weight excluding hydrogens is 700 g/mol. The molecule has 2 aromatic heterocycles. The summed E-state index contributed by atoms with van der Waals surface area (Å²) in [4.78, 5) is 0. The Hall–Kier alpha value is -2.84. The molecule has 0 radical (unpaired) electrons. The molecule has 5 rings (SSSR count). The lowest BCUT2D eigenvalue weighted by Gasteiger charge is -2.30. The molecule has 0 spiro atoms. The summed E-state index contributed by atoms with van der Waals surface area (Å²) in [7, 11) is -2.73. The second-order valence-electron chi connectivity index (χ2n) is 12.2. The fourth-order valence-electron chi connectivity index (χ4n) is 5.43. The molecule has 0 N–H and O–H groups in total. The summed E-state index contributed by atoms with van der Waals surface area (Å²) < 4.78 is 57.0. The Bertz CT molecular complexity index is 1690. The SMILES string of the molecule is COc1cccc(OC)c1-n1c(-c2ccco2)nnc1N(CC[Si](C)(C)C)S(=O)(=O)[C@@H]1COCC2C/C=C\C(Cl)=C/C(Br)=C2C1. The van der Waals surface area contributed by atoms with Gasteiger partial charge in [-0.1, -0.05) is 59.3 Å². The van der Waals surface area contributed by atoms with Crippen LogP contribution in [0.4, 0.5) is 5.95 Å². The second kappa shape index (κ2) is 13.9. The first-order valence-corrected chi connectivity index (χ1v) is 21.0. The van der Waals surface area contributed by atoms with Crippen LogP contribution >= 0.6 is 27.5 Å². The zero-order valence-electron chi connectivity index (χ0n) is 26.0. The van der Waals surface area contributed by atoms with Gasteiger partial charge in [-0.15, -0.1) is 10.2 Å². The molecule has 2 aliphatic rings. The lowest BCUT2D eigenvalue weighted by molar-refractivity contribution is 0.123. The highest BCUT2D eigenvalue weighted by Gasteiger charge is 2.41. The van der Waals surface area contributed by atoms with Crippen LogP contribution in [0.1, 0.15) is 12.8 Å².